The summed E-state index contributed by atoms with van der Waals surface area (Å²) < 4.78 is 12.7. The summed E-state index contributed by atoms with van der Waals surface area (Å²) in [5.74, 6) is -0.114. The van der Waals surface area contributed by atoms with Gasteiger partial charge in [-0.15, -0.1) is 0 Å². The zero-order chi connectivity index (χ0) is 9.97. The number of hydrogen-bond acceptors (Lipinski definition) is 1. The molecular weight excluding hydrogens is 181 g/mol. The van der Waals surface area contributed by atoms with Gasteiger partial charge in [0.1, 0.15) is 5.82 Å². The van der Waals surface area contributed by atoms with E-state index in [2.05, 4.69) is 5.32 Å². The number of aliphatic hydroxyl groups excluding tert-OH is 1. The topological polar surface area (TPSA) is 34.3 Å². The molecule has 75 valence electrons. The minimum Gasteiger partial charge on any atom is -0.391 e. The van der Waals surface area contributed by atoms with E-state index in [1.807, 2.05) is 0 Å². The fourth-order valence-corrected chi connectivity index (χ4v) is 1.87. The Labute approximate surface area is 82.8 Å². The van der Waals surface area contributed by atoms with Crippen LogP contribution in [0.15, 0.2) is 24.3 Å². The Hall–Kier alpha value is -0.930. The van der Waals surface area contributed by atoms with Crippen molar-refractivity contribution < 1.29 is 9.50 Å². The van der Waals surface area contributed by atoms with Crippen LogP contribution in [0.5, 0.6) is 0 Å². The maximum absolute atomic E-state index is 12.7. The molecule has 2 rings (SSSR count). The van der Waals surface area contributed by atoms with E-state index in [0.29, 0.717) is 6.54 Å². The van der Waals surface area contributed by atoms with E-state index >= 15 is 0 Å². The number of aliphatic hydroxyl groups is 1. The van der Waals surface area contributed by atoms with Crippen molar-refractivity contribution in [2.24, 2.45) is 0 Å². The Morgan fingerprint density at radius 1 is 1.29 bits per heavy atom. The van der Waals surface area contributed by atoms with Crippen LogP contribution in [0.3, 0.4) is 0 Å². The fourth-order valence-electron chi connectivity index (χ4n) is 1.87. The van der Waals surface area contributed by atoms with E-state index in [0.717, 1.165) is 18.5 Å². The third-order valence-electron chi connectivity index (χ3n) is 2.68. The maximum atomic E-state index is 12.7. The van der Waals surface area contributed by atoms with E-state index in [1.54, 1.807) is 12.1 Å². The molecule has 0 spiro atoms. The molecule has 2 unspecified atom stereocenters. The molecule has 1 radical (unpaired) electrons. The molecule has 1 aliphatic heterocycles. The van der Waals surface area contributed by atoms with E-state index in [-0.39, 0.29) is 11.7 Å². The highest BCUT2D eigenvalue weighted by molar-refractivity contribution is 5.22. The average molecular weight is 194 g/mol. The Kier molecular flexibility index (Phi) is 2.79. The lowest BCUT2D eigenvalue weighted by molar-refractivity contribution is 0.117. The molecule has 1 aliphatic rings. The molecule has 0 bridgehead atoms. The molecule has 2 nitrogen and oxygen atoms in total. The standard InChI is InChI=1S/C11H13FNO/c12-9-3-1-8(2-4-9)10-5-6-13-7-11(10)14/h1-4,10-11,14H,5-7H2. The van der Waals surface area contributed by atoms with Gasteiger partial charge in [0.2, 0.25) is 0 Å². The van der Waals surface area contributed by atoms with Crippen LogP contribution in [0, 0.1) is 5.82 Å². The van der Waals surface area contributed by atoms with E-state index in [4.69, 9.17) is 0 Å². The lowest BCUT2D eigenvalue weighted by Gasteiger charge is -2.27. The highest BCUT2D eigenvalue weighted by Crippen LogP contribution is 2.25. The summed E-state index contributed by atoms with van der Waals surface area (Å²) in [5, 5.41) is 13.8. The van der Waals surface area contributed by atoms with Gasteiger partial charge in [-0.2, -0.15) is 0 Å². The molecule has 1 saturated heterocycles. The summed E-state index contributed by atoms with van der Waals surface area (Å²) in [4.78, 5) is 0. The van der Waals surface area contributed by atoms with Crippen molar-refractivity contribution in [3.8, 4) is 0 Å². The van der Waals surface area contributed by atoms with Crippen molar-refractivity contribution in [2.45, 2.75) is 18.4 Å². The van der Waals surface area contributed by atoms with Crippen molar-refractivity contribution in [3.05, 3.63) is 35.6 Å². The van der Waals surface area contributed by atoms with Gasteiger partial charge < -0.3 is 5.11 Å². The summed E-state index contributed by atoms with van der Waals surface area (Å²) in [6.45, 7) is 1.29. The summed E-state index contributed by atoms with van der Waals surface area (Å²) in [5.41, 5.74) is 1.01. The van der Waals surface area contributed by atoms with Crippen molar-refractivity contribution in [3.63, 3.8) is 0 Å². The van der Waals surface area contributed by atoms with Crippen LogP contribution in [0.2, 0.25) is 0 Å². The SMILES string of the molecule is OC1C[N]CCC1c1ccc(F)cc1. The summed E-state index contributed by atoms with van der Waals surface area (Å²) in [6.07, 6.45) is 0.446. The van der Waals surface area contributed by atoms with E-state index in [1.165, 1.54) is 12.1 Å². The molecule has 1 aromatic carbocycles. The number of halogens is 1. The predicted molar refractivity (Wildman–Crippen MR) is 51.6 cm³/mol. The molecule has 1 fully saturated rings. The number of benzene rings is 1. The first-order chi connectivity index (χ1) is 6.77. The summed E-state index contributed by atoms with van der Waals surface area (Å²) in [7, 11) is 0. The molecular formula is C11H13FNO. The summed E-state index contributed by atoms with van der Waals surface area (Å²) >= 11 is 0. The fraction of sp³-hybridized carbons (Fsp3) is 0.455. The van der Waals surface area contributed by atoms with Crippen LogP contribution in [0.4, 0.5) is 4.39 Å². The Bertz CT molecular complexity index is 299. The van der Waals surface area contributed by atoms with Gasteiger partial charge >= 0.3 is 0 Å². The second-order valence-corrected chi connectivity index (χ2v) is 3.64. The van der Waals surface area contributed by atoms with Gasteiger partial charge in [0.05, 0.1) is 6.10 Å². The Morgan fingerprint density at radius 2 is 2.00 bits per heavy atom. The molecule has 0 saturated carbocycles. The van der Waals surface area contributed by atoms with Crippen molar-refractivity contribution >= 4 is 0 Å². The van der Waals surface area contributed by atoms with Crippen molar-refractivity contribution in [2.75, 3.05) is 13.1 Å². The Balaban J connectivity index is 2.16. The molecule has 0 aromatic heterocycles. The number of rotatable bonds is 1. The van der Waals surface area contributed by atoms with Crippen LogP contribution < -0.4 is 5.32 Å². The molecule has 0 amide bonds. The van der Waals surface area contributed by atoms with Crippen molar-refractivity contribution in [1.29, 1.82) is 0 Å². The molecule has 2 atom stereocenters. The first-order valence-corrected chi connectivity index (χ1v) is 4.84. The van der Waals surface area contributed by atoms with Gasteiger partial charge in [-0.1, -0.05) is 12.1 Å². The molecule has 1 heterocycles. The quantitative estimate of drug-likeness (QED) is 0.718. The van der Waals surface area contributed by atoms with Gasteiger partial charge in [0.15, 0.2) is 0 Å². The van der Waals surface area contributed by atoms with Crippen LogP contribution in [0.25, 0.3) is 0 Å². The van der Waals surface area contributed by atoms with Crippen LogP contribution in [-0.2, 0) is 0 Å². The minimum absolute atomic E-state index is 0.119. The zero-order valence-electron chi connectivity index (χ0n) is 7.86. The molecule has 1 aromatic rings. The monoisotopic (exact) mass is 194 g/mol. The van der Waals surface area contributed by atoms with E-state index in [9.17, 15) is 9.50 Å². The molecule has 3 heteroatoms. The van der Waals surface area contributed by atoms with Gasteiger partial charge in [0, 0.05) is 19.0 Å². The lowest BCUT2D eigenvalue weighted by atomic mass is 9.88. The third-order valence-corrected chi connectivity index (χ3v) is 2.68. The molecule has 14 heavy (non-hydrogen) atoms. The predicted octanol–water partition coefficient (Wildman–Crippen LogP) is 1.28. The van der Waals surface area contributed by atoms with Gasteiger partial charge in [-0.25, -0.2) is 9.71 Å². The van der Waals surface area contributed by atoms with Crippen LogP contribution >= 0.6 is 0 Å². The largest absolute Gasteiger partial charge is 0.391 e. The number of hydrogen-bond donors (Lipinski definition) is 1. The van der Waals surface area contributed by atoms with Crippen LogP contribution in [0.1, 0.15) is 17.9 Å². The normalized spacial score (nSPS) is 27.6. The van der Waals surface area contributed by atoms with Gasteiger partial charge in [-0.05, 0) is 24.1 Å². The highest BCUT2D eigenvalue weighted by Gasteiger charge is 2.24. The summed E-state index contributed by atoms with van der Waals surface area (Å²) in [6, 6.07) is 6.37. The lowest BCUT2D eigenvalue weighted by Crippen LogP contribution is -2.35. The second kappa shape index (κ2) is 4.07. The second-order valence-electron chi connectivity index (χ2n) is 3.64. The first kappa shape index (κ1) is 9.62. The van der Waals surface area contributed by atoms with Gasteiger partial charge in [-0.3, -0.25) is 0 Å². The highest BCUT2D eigenvalue weighted by atomic mass is 19.1. The minimum atomic E-state index is -0.408. The Morgan fingerprint density at radius 3 is 2.64 bits per heavy atom. The van der Waals surface area contributed by atoms with Gasteiger partial charge in [0.25, 0.3) is 0 Å². The molecule has 1 N–H and O–H groups in total. The third kappa shape index (κ3) is 1.94. The smallest absolute Gasteiger partial charge is 0.123 e. The maximum Gasteiger partial charge on any atom is 0.123 e. The van der Waals surface area contributed by atoms with Crippen LogP contribution in [-0.4, -0.2) is 24.3 Å². The van der Waals surface area contributed by atoms with Crippen molar-refractivity contribution in [1.82, 2.24) is 5.32 Å². The number of nitrogens with zero attached hydrogens (tertiary/aromatic N) is 1. The van der Waals surface area contributed by atoms with E-state index < -0.39 is 6.10 Å². The zero-order valence-corrected chi connectivity index (χ0v) is 7.86. The molecule has 0 aliphatic carbocycles. The average Bonchev–Trinajstić information content (AvgIpc) is 2.20. The number of piperidine rings is 1. The first-order valence-electron chi connectivity index (χ1n) is 4.84.